The second kappa shape index (κ2) is 3.77. The van der Waals surface area contributed by atoms with E-state index in [2.05, 4.69) is 0 Å². The summed E-state index contributed by atoms with van der Waals surface area (Å²) >= 11 is 0. The van der Waals surface area contributed by atoms with Crippen molar-refractivity contribution in [1.82, 2.24) is 0 Å². The van der Waals surface area contributed by atoms with Gasteiger partial charge in [0.2, 0.25) is 0 Å². The van der Waals surface area contributed by atoms with Crippen LogP contribution in [-0.2, 0) is 9.59 Å². The Morgan fingerprint density at radius 1 is 1.08 bits per heavy atom. The fourth-order valence-corrected chi connectivity index (χ4v) is 1.95. The second-order valence-electron chi connectivity index (χ2n) is 3.81. The van der Waals surface area contributed by atoms with Gasteiger partial charge in [0.05, 0.1) is 11.8 Å². The third-order valence-corrected chi connectivity index (χ3v) is 2.75. The molecule has 0 saturated heterocycles. The van der Waals surface area contributed by atoms with Gasteiger partial charge >= 0.3 is 11.9 Å². The molecule has 0 heterocycles. The van der Waals surface area contributed by atoms with Gasteiger partial charge in [-0.25, -0.2) is 0 Å². The Kier molecular flexibility index (Phi) is 2.90. The van der Waals surface area contributed by atoms with Gasteiger partial charge in [-0.05, 0) is 25.2 Å². The van der Waals surface area contributed by atoms with Gasteiger partial charge in [-0.15, -0.1) is 0 Å². The van der Waals surface area contributed by atoms with E-state index in [9.17, 15) is 9.59 Å². The first kappa shape index (κ1) is 10.0. The average molecular weight is 186 g/mol. The molecular formula is C9H14O4. The molecular weight excluding hydrogens is 172 g/mol. The number of rotatable bonds is 2. The summed E-state index contributed by atoms with van der Waals surface area (Å²) in [7, 11) is 0. The molecule has 3 atom stereocenters. The van der Waals surface area contributed by atoms with Crippen molar-refractivity contribution in [2.75, 3.05) is 0 Å². The van der Waals surface area contributed by atoms with Crippen LogP contribution in [0.4, 0.5) is 0 Å². The largest absolute Gasteiger partial charge is 0.481 e. The second-order valence-corrected chi connectivity index (χ2v) is 3.81. The van der Waals surface area contributed by atoms with Crippen molar-refractivity contribution in [1.29, 1.82) is 0 Å². The van der Waals surface area contributed by atoms with Gasteiger partial charge in [0.1, 0.15) is 0 Å². The van der Waals surface area contributed by atoms with E-state index in [0.29, 0.717) is 18.8 Å². The Balaban J connectivity index is 2.72. The lowest BCUT2D eigenvalue weighted by Crippen LogP contribution is -2.34. The van der Waals surface area contributed by atoms with Gasteiger partial charge in [-0.2, -0.15) is 0 Å². The van der Waals surface area contributed by atoms with E-state index >= 15 is 0 Å². The summed E-state index contributed by atoms with van der Waals surface area (Å²) < 4.78 is 0. The number of hydrogen-bond donors (Lipinski definition) is 2. The molecule has 0 bridgehead atoms. The minimum Gasteiger partial charge on any atom is -0.481 e. The first-order chi connectivity index (χ1) is 6.02. The van der Waals surface area contributed by atoms with Crippen molar-refractivity contribution in [3.8, 4) is 0 Å². The quantitative estimate of drug-likeness (QED) is 0.679. The van der Waals surface area contributed by atoms with Crippen LogP contribution >= 0.6 is 0 Å². The third-order valence-electron chi connectivity index (χ3n) is 2.75. The van der Waals surface area contributed by atoms with Gasteiger partial charge in [-0.1, -0.05) is 6.92 Å². The van der Waals surface area contributed by atoms with E-state index in [4.69, 9.17) is 10.2 Å². The highest BCUT2D eigenvalue weighted by Crippen LogP contribution is 2.33. The molecule has 1 fully saturated rings. The lowest BCUT2D eigenvalue weighted by molar-refractivity contribution is -0.156. The molecule has 0 aliphatic heterocycles. The van der Waals surface area contributed by atoms with Crippen LogP contribution in [0.25, 0.3) is 0 Å². The zero-order chi connectivity index (χ0) is 10.0. The monoisotopic (exact) mass is 186 g/mol. The summed E-state index contributed by atoms with van der Waals surface area (Å²) in [5.74, 6) is -3.00. The van der Waals surface area contributed by atoms with Crippen molar-refractivity contribution >= 4 is 11.9 Å². The molecule has 1 rings (SSSR count). The molecule has 0 unspecified atom stereocenters. The molecule has 0 aromatic carbocycles. The summed E-state index contributed by atoms with van der Waals surface area (Å²) in [5, 5.41) is 17.6. The smallest absolute Gasteiger partial charge is 0.307 e. The highest BCUT2D eigenvalue weighted by Gasteiger charge is 2.37. The summed E-state index contributed by atoms with van der Waals surface area (Å²) in [6.45, 7) is 1.97. The molecule has 4 heteroatoms. The van der Waals surface area contributed by atoms with Crippen LogP contribution in [0.5, 0.6) is 0 Å². The maximum Gasteiger partial charge on any atom is 0.307 e. The minimum atomic E-state index is -0.973. The molecule has 0 spiro atoms. The highest BCUT2D eigenvalue weighted by molar-refractivity contribution is 5.80. The lowest BCUT2D eigenvalue weighted by Gasteiger charge is -2.29. The highest BCUT2D eigenvalue weighted by atomic mass is 16.4. The zero-order valence-electron chi connectivity index (χ0n) is 7.56. The van der Waals surface area contributed by atoms with Crippen molar-refractivity contribution < 1.29 is 19.8 Å². The van der Waals surface area contributed by atoms with E-state index in [-0.39, 0.29) is 0 Å². The number of aliphatic carboxylic acids is 2. The van der Waals surface area contributed by atoms with Crippen molar-refractivity contribution in [2.24, 2.45) is 17.8 Å². The topological polar surface area (TPSA) is 74.6 Å². The number of carboxylic acids is 2. The molecule has 1 aliphatic carbocycles. The molecule has 0 aromatic rings. The predicted molar refractivity (Wildman–Crippen MR) is 45.3 cm³/mol. The van der Waals surface area contributed by atoms with E-state index in [1.54, 1.807) is 0 Å². The molecule has 0 aromatic heterocycles. The molecule has 1 aliphatic rings. The van der Waals surface area contributed by atoms with Gasteiger partial charge in [0.15, 0.2) is 0 Å². The van der Waals surface area contributed by atoms with E-state index in [1.807, 2.05) is 6.92 Å². The number of hydrogen-bond acceptors (Lipinski definition) is 2. The van der Waals surface area contributed by atoms with Crippen LogP contribution in [0, 0.1) is 17.8 Å². The van der Waals surface area contributed by atoms with Crippen molar-refractivity contribution in [3.63, 3.8) is 0 Å². The molecule has 4 nitrogen and oxygen atoms in total. The Bertz CT molecular complexity index is 224. The molecule has 13 heavy (non-hydrogen) atoms. The lowest BCUT2D eigenvalue weighted by atomic mass is 9.75. The standard InChI is InChI=1S/C9H14O4/c1-5-2-3-6(8(10)11)7(4-5)9(12)13/h5-7H,2-4H2,1H3,(H,10,11)(H,12,13)/t5-,6-,7-/m0/s1. The Labute approximate surface area is 76.6 Å². The van der Waals surface area contributed by atoms with Crippen LogP contribution in [0.3, 0.4) is 0 Å². The first-order valence-electron chi connectivity index (χ1n) is 4.48. The molecule has 0 radical (unpaired) electrons. The fourth-order valence-electron chi connectivity index (χ4n) is 1.95. The summed E-state index contributed by atoms with van der Waals surface area (Å²) in [6, 6.07) is 0. The molecule has 74 valence electrons. The van der Waals surface area contributed by atoms with Crippen LogP contribution in [0.2, 0.25) is 0 Å². The van der Waals surface area contributed by atoms with Crippen molar-refractivity contribution in [3.05, 3.63) is 0 Å². The van der Waals surface area contributed by atoms with Gasteiger partial charge < -0.3 is 10.2 Å². The number of carbonyl (C=O) groups is 2. The maximum atomic E-state index is 10.8. The first-order valence-corrected chi connectivity index (χ1v) is 4.48. The van der Waals surface area contributed by atoms with Crippen molar-refractivity contribution in [2.45, 2.75) is 26.2 Å². The normalized spacial score (nSPS) is 34.1. The summed E-state index contributed by atoms with van der Waals surface area (Å²) in [6.07, 6.45) is 1.81. The third kappa shape index (κ3) is 2.20. The van der Waals surface area contributed by atoms with Crippen LogP contribution < -0.4 is 0 Å². The summed E-state index contributed by atoms with van der Waals surface area (Å²) in [4.78, 5) is 21.5. The minimum absolute atomic E-state index is 0.330. The summed E-state index contributed by atoms with van der Waals surface area (Å²) in [5.41, 5.74) is 0. The van der Waals surface area contributed by atoms with Crippen LogP contribution in [-0.4, -0.2) is 22.2 Å². The van der Waals surface area contributed by atoms with Crippen LogP contribution in [0.15, 0.2) is 0 Å². The van der Waals surface area contributed by atoms with Gasteiger partial charge in [0.25, 0.3) is 0 Å². The number of carboxylic acid groups (broad SMARTS) is 2. The van der Waals surface area contributed by atoms with Crippen LogP contribution in [0.1, 0.15) is 26.2 Å². The zero-order valence-corrected chi connectivity index (χ0v) is 7.56. The fraction of sp³-hybridized carbons (Fsp3) is 0.778. The maximum absolute atomic E-state index is 10.8. The molecule has 0 amide bonds. The van der Waals surface area contributed by atoms with E-state index in [0.717, 1.165) is 6.42 Å². The molecule has 1 saturated carbocycles. The average Bonchev–Trinajstić information content (AvgIpc) is 2.03. The van der Waals surface area contributed by atoms with E-state index < -0.39 is 23.8 Å². The van der Waals surface area contributed by atoms with Gasteiger partial charge in [0, 0.05) is 0 Å². The Morgan fingerprint density at radius 2 is 1.62 bits per heavy atom. The molecule has 2 N–H and O–H groups in total. The van der Waals surface area contributed by atoms with Gasteiger partial charge in [-0.3, -0.25) is 9.59 Å². The Hall–Kier alpha value is -1.06. The Morgan fingerprint density at radius 3 is 2.08 bits per heavy atom. The SMILES string of the molecule is C[C@H]1CC[C@H](C(=O)O)[C@@H](C(=O)O)C1. The van der Waals surface area contributed by atoms with E-state index in [1.165, 1.54) is 0 Å². The predicted octanol–water partition coefficient (Wildman–Crippen LogP) is 1.21.